The Kier molecular flexibility index (Phi) is 6.37. The highest BCUT2D eigenvalue weighted by Gasteiger charge is 2.12. The molecule has 0 aromatic heterocycles. The van der Waals surface area contributed by atoms with Gasteiger partial charge < -0.3 is 9.47 Å². The Morgan fingerprint density at radius 3 is 2.28 bits per heavy atom. The number of rotatable bonds is 6. The van der Waals surface area contributed by atoms with Crippen LogP contribution in [-0.2, 0) is 4.74 Å². The van der Waals surface area contributed by atoms with Gasteiger partial charge in [-0.1, -0.05) is 36.4 Å². The zero-order valence-corrected chi connectivity index (χ0v) is 17.5. The molecule has 0 atom stereocenters. The summed E-state index contributed by atoms with van der Waals surface area (Å²) in [4.78, 5) is 28.8. The molecule has 0 aliphatic heterocycles. The number of aliphatic imine (C=N–C) groups is 1. The molecule has 0 unspecified atom stereocenters. The molecule has 0 aliphatic carbocycles. The van der Waals surface area contributed by atoms with Gasteiger partial charge >= 0.3 is 11.9 Å². The largest absolute Gasteiger partial charge is 0.462 e. The highest BCUT2D eigenvalue weighted by molar-refractivity contribution is 6.05. The van der Waals surface area contributed by atoms with E-state index in [1.807, 2.05) is 48.5 Å². The van der Waals surface area contributed by atoms with Gasteiger partial charge in [-0.05, 0) is 77.9 Å². The van der Waals surface area contributed by atoms with E-state index in [0.29, 0.717) is 29.2 Å². The molecule has 4 aromatic rings. The highest BCUT2D eigenvalue weighted by atomic mass is 16.5. The van der Waals surface area contributed by atoms with Crippen molar-refractivity contribution in [2.75, 3.05) is 6.61 Å². The lowest BCUT2D eigenvalue weighted by Gasteiger charge is -2.07. The van der Waals surface area contributed by atoms with Crippen LogP contribution in [0.1, 0.15) is 33.2 Å². The molecule has 0 saturated heterocycles. The average molecular weight is 423 g/mol. The van der Waals surface area contributed by atoms with Gasteiger partial charge in [0, 0.05) is 6.21 Å². The summed E-state index contributed by atoms with van der Waals surface area (Å²) in [5.41, 5.74) is 2.58. The summed E-state index contributed by atoms with van der Waals surface area (Å²) in [6.07, 6.45) is 1.70. The molecule has 32 heavy (non-hydrogen) atoms. The van der Waals surface area contributed by atoms with Crippen LogP contribution in [0.2, 0.25) is 0 Å². The van der Waals surface area contributed by atoms with E-state index in [2.05, 4.69) is 4.99 Å². The summed E-state index contributed by atoms with van der Waals surface area (Å²) >= 11 is 0. The maximum atomic E-state index is 12.7. The Balaban J connectivity index is 1.42. The molecule has 0 bridgehead atoms. The molecule has 0 amide bonds. The predicted octanol–water partition coefficient (Wildman–Crippen LogP) is 5.99. The van der Waals surface area contributed by atoms with E-state index in [1.165, 1.54) is 0 Å². The molecule has 0 fully saturated rings. The minimum absolute atomic E-state index is 0.339. The van der Waals surface area contributed by atoms with Gasteiger partial charge in [-0.3, -0.25) is 4.99 Å². The van der Waals surface area contributed by atoms with Crippen molar-refractivity contribution in [3.8, 4) is 5.75 Å². The number of ether oxygens (including phenoxy) is 2. The van der Waals surface area contributed by atoms with Crippen molar-refractivity contribution in [1.29, 1.82) is 0 Å². The Hall–Kier alpha value is -4.25. The van der Waals surface area contributed by atoms with E-state index < -0.39 is 5.97 Å². The molecule has 0 heterocycles. The van der Waals surface area contributed by atoms with Crippen molar-refractivity contribution in [3.05, 3.63) is 108 Å². The number of hydrogen-bond donors (Lipinski definition) is 0. The first-order valence-corrected chi connectivity index (χ1v) is 10.3. The van der Waals surface area contributed by atoms with E-state index in [-0.39, 0.29) is 5.97 Å². The van der Waals surface area contributed by atoms with E-state index in [4.69, 9.17) is 9.47 Å². The van der Waals surface area contributed by atoms with E-state index in [0.717, 1.165) is 16.3 Å². The number of hydrogen-bond acceptors (Lipinski definition) is 5. The fourth-order valence-corrected chi connectivity index (χ4v) is 3.23. The molecule has 4 rings (SSSR count). The number of esters is 2. The Labute approximate surface area is 185 Å². The highest BCUT2D eigenvalue weighted by Crippen LogP contribution is 2.21. The molecule has 5 heteroatoms. The van der Waals surface area contributed by atoms with Gasteiger partial charge in [-0.25, -0.2) is 9.59 Å². The topological polar surface area (TPSA) is 65.0 Å². The van der Waals surface area contributed by atoms with E-state index in [1.54, 1.807) is 55.6 Å². The number of nitrogens with zero attached hydrogens (tertiary/aromatic N) is 1. The lowest BCUT2D eigenvalue weighted by molar-refractivity contribution is 0.0526. The first-order valence-electron chi connectivity index (χ1n) is 10.3. The Morgan fingerprint density at radius 2 is 1.53 bits per heavy atom. The third-order valence-electron chi connectivity index (χ3n) is 4.84. The van der Waals surface area contributed by atoms with Crippen molar-refractivity contribution in [2.45, 2.75) is 6.92 Å². The van der Waals surface area contributed by atoms with Gasteiger partial charge in [0.2, 0.25) is 0 Å². The molecular weight excluding hydrogens is 402 g/mol. The third-order valence-corrected chi connectivity index (χ3v) is 4.84. The summed E-state index contributed by atoms with van der Waals surface area (Å²) < 4.78 is 10.5. The molecule has 5 nitrogen and oxygen atoms in total. The lowest BCUT2D eigenvalue weighted by atomic mass is 10.0. The Bertz CT molecular complexity index is 1270. The fraction of sp³-hybridized carbons (Fsp3) is 0.0741. The average Bonchev–Trinajstić information content (AvgIpc) is 2.83. The zero-order valence-electron chi connectivity index (χ0n) is 17.5. The second-order valence-electron chi connectivity index (χ2n) is 7.01. The van der Waals surface area contributed by atoms with Crippen molar-refractivity contribution in [2.24, 2.45) is 4.99 Å². The third kappa shape index (κ3) is 4.90. The minimum Gasteiger partial charge on any atom is -0.462 e. The van der Waals surface area contributed by atoms with Crippen LogP contribution in [-0.4, -0.2) is 24.8 Å². The molecule has 0 saturated carbocycles. The summed E-state index contributed by atoms with van der Waals surface area (Å²) in [6, 6.07) is 27.3. The molecule has 0 N–H and O–H groups in total. The molecule has 0 spiro atoms. The molecular formula is C27H21NO4. The summed E-state index contributed by atoms with van der Waals surface area (Å²) in [5, 5.41) is 1.85. The van der Waals surface area contributed by atoms with Gasteiger partial charge in [0.1, 0.15) is 5.75 Å². The van der Waals surface area contributed by atoms with Crippen LogP contribution in [0, 0.1) is 0 Å². The first kappa shape index (κ1) is 21.0. The van der Waals surface area contributed by atoms with Crippen LogP contribution in [0.25, 0.3) is 10.8 Å². The van der Waals surface area contributed by atoms with Gasteiger partial charge in [0.25, 0.3) is 0 Å². The van der Waals surface area contributed by atoms with Crippen LogP contribution in [0.4, 0.5) is 5.69 Å². The van der Waals surface area contributed by atoms with Crippen molar-refractivity contribution in [3.63, 3.8) is 0 Å². The number of carbonyl (C=O) groups is 2. The van der Waals surface area contributed by atoms with Crippen LogP contribution >= 0.6 is 0 Å². The first-order chi connectivity index (χ1) is 15.6. The Morgan fingerprint density at radius 1 is 0.812 bits per heavy atom. The SMILES string of the molecule is CCOC(=O)c1ccc(N=Cc2ccc(OC(=O)c3cccc4ccccc34)cc2)cc1. The van der Waals surface area contributed by atoms with Crippen molar-refractivity contribution in [1.82, 2.24) is 0 Å². The van der Waals surface area contributed by atoms with Crippen LogP contribution in [0.15, 0.2) is 96.0 Å². The predicted molar refractivity (Wildman–Crippen MR) is 125 cm³/mol. The molecule has 158 valence electrons. The summed E-state index contributed by atoms with van der Waals surface area (Å²) in [6.45, 7) is 2.11. The normalized spacial score (nSPS) is 10.9. The van der Waals surface area contributed by atoms with Gasteiger partial charge in [-0.2, -0.15) is 0 Å². The van der Waals surface area contributed by atoms with Crippen LogP contribution in [0.3, 0.4) is 0 Å². The van der Waals surface area contributed by atoms with Crippen molar-refractivity contribution < 1.29 is 19.1 Å². The summed E-state index contributed by atoms with van der Waals surface area (Å²) in [7, 11) is 0. The monoisotopic (exact) mass is 423 g/mol. The molecule has 0 aliphatic rings. The smallest absolute Gasteiger partial charge is 0.344 e. The summed E-state index contributed by atoms with van der Waals surface area (Å²) in [5.74, 6) is -0.291. The number of fused-ring (bicyclic) bond motifs is 1. The molecule has 0 radical (unpaired) electrons. The second kappa shape index (κ2) is 9.71. The lowest BCUT2D eigenvalue weighted by Crippen LogP contribution is -2.09. The quantitative estimate of drug-likeness (QED) is 0.217. The van der Waals surface area contributed by atoms with Crippen molar-refractivity contribution >= 4 is 34.6 Å². The van der Waals surface area contributed by atoms with Gasteiger partial charge in [0.05, 0.1) is 23.4 Å². The minimum atomic E-state index is -0.398. The van der Waals surface area contributed by atoms with Gasteiger partial charge in [-0.15, -0.1) is 0 Å². The number of benzene rings is 4. The standard InChI is InChI=1S/C27H21NO4/c1-2-31-26(29)21-12-14-22(15-13-21)28-18-19-10-16-23(17-11-19)32-27(30)25-9-5-7-20-6-3-4-8-24(20)25/h3-18H,2H2,1H3. The zero-order chi connectivity index (χ0) is 22.3. The van der Waals surface area contributed by atoms with E-state index in [9.17, 15) is 9.59 Å². The second-order valence-corrected chi connectivity index (χ2v) is 7.01. The maximum absolute atomic E-state index is 12.7. The number of carbonyl (C=O) groups excluding carboxylic acids is 2. The molecule has 4 aromatic carbocycles. The van der Waals surface area contributed by atoms with Crippen LogP contribution in [0.5, 0.6) is 5.75 Å². The maximum Gasteiger partial charge on any atom is 0.344 e. The van der Waals surface area contributed by atoms with Gasteiger partial charge in [0.15, 0.2) is 0 Å². The van der Waals surface area contributed by atoms with Crippen LogP contribution < -0.4 is 4.74 Å². The van der Waals surface area contributed by atoms with E-state index >= 15 is 0 Å². The fourth-order valence-electron chi connectivity index (χ4n) is 3.23.